The summed E-state index contributed by atoms with van der Waals surface area (Å²) in [7, 11) is 0. The van der Waals surface area contributed by atoms with Crippen molar-refractivity contribution >= 4 is 11.9 Å². The zero-order valence-corrected chi connectivity index (χ0v) is 11.6. The van der Waals surface area contributed by atoms with E-state index in [1.807, 2.05) is 13.8 Å². The fraction of sp³-hybridized carbons (Fsp3) is 0.231. The molecule has 0 saturated heterocycles. The number of aromatic nitrogens is 5. The first-order chi connectivity index (χ1) is 10.2. The number of rotatable bonds is 4. The minimum Gasteiger partial charge on any atom is -0.472 e. The van der Waals surface area contributed by atoms with Crippen molar-refractivity contribution in [2.75, 3.05) is 5.32 Å². The predicted octanol–water partition coefficient (Wildman–Crippen LogP) is 1.84. The molecule has 3 rings (SSSR count). The highest BCUT2D eigenvalue weighted by atomic mass is 16.3. The van der Waals surface area contributed by atoms with Crippen LogP contribution in [0.25, 0.3) is 11.4 Å². The number of aryl methyl sites for hydroxylation is 2. The number of anilines is 1. The summed E-state index contributed by atoms with van der Waals surface area (Å²) in [5.74, 6) is 0.437. The van der Waals surface area contributed by atoms with Crippen molar-refractivity contribution in [1.82, 2.24) is 25.0 Å². The number of carbonyl (C=O) groups is 1. The number of aromatic amines is 1. The van der Waals surface area contributed by atoms with E-state index in [1.54, 1.807) is 29.3 Å². The highest BCUT2D eigenvalue weighted by Gasteiger charge is 2.15. The van der Waals surface area contributed by atoms with Crippen LogP contribution in [0, 0.1) is 6.92 Å². The van der Waals surface area contributed by atoms with Crippen LogP contribution in [0.1, 0.15) is 23.1 Å². The Kier molecular flexibility index (Phi) is 3.27. The number of hydrogen-bond acceptors (Lipinski definition) is 5. The van der Waals surface area contributed by atoms with E-state index in [0.29, 0.717) is 18.1 Å². The maximum Gasteiger partial charge on any atom is 0.276 e. The number of nitrogens with zero attached hydrogens (tertiary/aromatic N) is 4. The lowest BCUT2D eigenvalue weighted by molar-refractivity contribution is 0.101. The monoisotopic (exact) mass is 286 g/mol. The van der Waals surface area contributed by atoms with Gasteiger partial charge in [0.05, 0.1) is 17.5 Å². The molecule has 1 amide bonds. The Morgan fingerprint density at radius 1 is 1.52 bits per heavy atom. The number of H-pyrrole nitrogens is 1. The van der Waals surface area contributed by atoms with E-state index < -0.39 is 0 Å². The zero-order valence-electron chi connectivity index (χ0n) is 11.6. The Hall–Kier alpha value is -2.90. The molecule has 0 bridgehead atoms. The molecule has 8 nitrogen and oxygen atoms in total. The molecule has 2 N–H and O–H groups in total. The lowest BCUT2D eigenvalue weighted by atomic mass is 10.3. The largest absolute Gasteiger partial charge is 0.472 e. The summed E-state index contributed by atoms with van der Waals surface area (Å²) in [5, 5.41) is 13.6. The van der Waals surface area contributed by atoms with Gasteiger partial charge in [0.2, 0.25) is 5.95 Å². The van der Waals surface area contributed by atoms with Crippen LogP contribution in [0.4, 0.5) is 5.95 Å². The van der Waals surface area contributed by atoms with Crippen LogP contribution in [-0.2, 0) is 6.54 Å². The van der Waals surface area contributed by atoms with E-state index in [-0.39, 0.29) is 11.9 Å². The van der Waals surface area contributed by atoms with E-state index in [9.17, 15) is 4.79 Å². The summed E-state index contributed by atoms with van der Waals surface area (Å²) < 4.78 is 6.61. The van der Waals surface area contributed by atoms with E-state index in [4.69, 9.17) is 4.42 Å². The van der Waals surface area contributed by atoms with Crippen LogP contribution in [0.5, 0.6) is 0 Å². The molecule has 0 saturated carbocycles. The molecular weight excluding hydrogens is 272 g/mol. The van der Waals surface area contributed by atoms with Crippen molar-refractivity contribution in [3.63, 3.8) is 0 Å². The molecule has 0 aliphatic rings. The number of carbonyl (C=O) groups excluding carboxylic acids is 1. The summed E-state index contributed by atoms with van der Waals surface area (Å²) in [6.07, 6.45) is 3.08. The predicted molar refractivity (Wildman–Crippen MR) is 74.7 cm³/mol. The fourth-order valence-electron chi connectivity index (χ4n) is 1.98. The van der Waals surface area contributed by atoms with Gasteiger partial charge in [0.1, 0.15) is 12.0 Å². The topological polar surface area (TPSA) is 102 Å². The van der Waals surface area contributed by atoms with Crippen molar-refractivity contribution in [2.24, 2.45) is 0 Å². The van der Waals surface area contributed by atoms with Gasteiger partial charge in [-0.3, -0.25) is 19.9 Å². The molecule has 0 spiro atoms. The smallest absolute Gasteiger partial charge is 0.276 e. The molecule has 0 aliphatic heterocycles. The van der Waals surface area contributed by atoms with Gasteiger partial charge < -0.3 is 4.42 Å². The summed E-state index contributed by atoms with van der Waals surface area (Å²) in [5.41, 5.74) is 2.03. The highest BCUT2D eigenvalue weighted by Crippen LogP contribution is 2.16. The Morgan fingerprint density at radius 3 is 3.10 bits per heavy atom. The zero-order chi connectivity index (χ0) is 14.8. The van der Waals surface area contributed by atoms with E-state index >= 15 is 0 Å². The molecule has 21 heavy (non-hydrogen) atoms. The molecule has 0 fully saturated rings. The Bertz CT molecular complexity index is 756. The fourth-order valence-corrected chi connectivity index (χ4v) is 1.98. The van der Waals surface area contributed by atoms with Gasteiger partial charge in [0.25, 0.3) is 5.91 Å². The summed E-state index contributed by atoms with van der Waals surface area (Å²) in [6.45, 7) is 4.38. The van der Waals surface area contributed by atoms with Crippen LogP contribution >= 0.6 is 0 Å². The molecule has 3 aromatic rings. The highest BCUT2D eigenvalue weighted by molar-refractivity contribution is 6.02. The number of furan rings is 1. The lowest BCUT2D eigenvalue weighted by Gasteiger charge is -2.03. The van der Waals surface area contributed by atoms with Crippen LogP contribution in [0.2, 0.25) is 0 Å². The second-order valence-corrected chi connectivity index (χ2v) is 4.46. The Labute approximate surface area is 120 Å². The van der Waals surface area contributed by atoms with E-state index in [0.717, 1.165) is 11.3 Å². The molecule has 0 aliphatic carbocycles. The second kappa shape index (κ2) is 5.23. The second-order valence-electron chi connectivity index (χ2n) is 4.46. The standard InChI is InChI=1S/C13H14N6O2/c1-3-19-10(6-8(2)18-19)12(20)15-13-14-11(16-17-13)9-4-5-21-7-9/h4-7H,3H2,1-2H3,(H2,14,15,16,17,20). The third-order valence-electron chi connectivity index (χ3n) is 2.94. The van der Waals surface area contributed by atoms with Gasteiger partial charge in [-0.05, 0) is 26.0 Å². The molecule has 0 radical (unpaired) electrons. The Morgan fingerprint density at radius 2 is 2.38 bits per heavy atom. The van der Waals surface area contributed by atoms with Gasteiger partial charge >= 0.3 is 0 Å². The van der Waals surface area contributed by atoms with E-state index in [1.165, 1.54) is 0 Å². The molecule has 3 aromatic heterocycles. The third-order valence-corrected chi connectivity index (χ3v) is 2.94. The average Bonchev–Trinajstić information content (AvgIpc) is 3.16. The van der Waals surface area contributed by atoms with Crippen molar-refractivity contribution in [1.29, 1.82) is 0 Å². The average molecular weight is 286 g/mol. The van der Waals surface area contributed by atoms with Crippen molar-refractivity contribution < 1.29 is 9.21 Å². The third kappa shape index (κ3) is 2.55. The minimum atomic E-state index is -0.296. The molecule has 8 heteroatoms. The van der Waals surface area contributed by atoms with Crippen molar-refractivity contribution in [3.8, 4) is 11.4 Å². The molecule has 108 valence electrons. The number of nitrogens with one attached hydrogen (secondary N) is 2. The van der Waals surface area contributed by atoms with Crippen LogP contribution in [-0.4, -0.2) is 30.9 Å². The van der Waals surface area contributed by atoms with Crippen LogP contribution in [0.15, 0.2) is 29.1 Å². The molecule has 3 heterocycles. The van der Waals surface area contributed by atoms with Crippen LogP contribution in [0.3, 0.4) is 0 Å². The maximum atomic E-state index is 12.2. The van der Waals surface area contributed by atoms with Gasteiger partial charge in [-0.2, -0.15) is 10.1 Å². The molecule has 0 atom stereocenters. The van der Waals surface area contributed by atoms with Crippen molar-refractivity contribution in [3.05, 3.63) is 36.0 Å². The quantitative estimate of drug-likeness (QED) is 0.762. The number of hydrogen-bond donors (Lipinski definition) is 2. The van der Waals surface area contributed by atoms with Crippen molar-refractivity contribution in [2.45, 2.75) is 20.4 Å². The van der Waals surface area contributed by atoms with Gasteiger partial charge in [-0.1, -0.05) is 0 Å². The normalized spacial score (nSPS) is 10.8. The summed E-state index contributed by atoms with van der Waals surface area (Å²) >= 11 is 0. The van der Waals surface area contributed by atoms with E-state index in [2.05, 4.69) is 25.6 Å². The molecule has 0 unspecified atom stereocenters. The van der Waals surface area contributed by atoms with Gasteiger partial charge in [-0.25, -0.2) is 0 Å². The Balaban J connectivity index is 1.79. The van der Waals surface area contributed by atoms with Crippen LogP contribution < -0.4 is 5.32 Å². The molecular formula is C13H14N6O2. The first kappa shape index (κ1) is 13.1. The van der Waals surface area contributed by atoms with Gasteiger partial charge in [0.15, 0.2) is 5.82 Å². The first-order valence-corrected chi connectivity index (χ1v) is 6.48. The lowest BCUT2D eigenvalue weighted by Crippen LogP contribution is -2.18. The number of amides is 1. The summed E-state index contributed by atoms with van der Waals surface area (Å²) in [6, 6.07) is 3.48. The maximum absolute atomic E-state index is 12.2. The SMILES string of the molecule is CCn1nc(C)cc1C(=O)Nc1n[nH]c(-c2ccoc2)n1. The van der Waals surface area contributed by atoms with Gasteiger partial charge in [-0.15, -0.1) is 5.10 Å². The van der Waals surface area contributed by atoms with Gasteiger partial charge in [0, 0.05) is 6.54 Å². The molecule has 0 aromatic carbocycles. The summed E-state index contributed by atoms with van der Waals surface area (Å²) in [4.78, 5) is 16.4. The first-order valence-electron chi connectivity index (χ1n) is 6.48. The minimum absolute atomic E-state index is 0.206.